The lowest BCUT2D eigenvalue weighted by atomic mass is 9.77. The summed E-state index contributed by atoms with van der Waals surface area (Å²) in [6.45, 7) is 11.2. The molecule has 1 N–H and O–H groups in total. The van der Waals surface area contributed by atoms with Gasteiger partial charge in [-0.15, -0.1) is 11.8 Å². The van der Waals surface area contributed by atoms with Crippen molar-refractivity contribution in [3.63, 3.8) is 0 Å². The minimum Gasteiger partial charge on any atom is -0.394 e. The number of carbonyl (C=O) groups is 3. The zero-order valence-corrected chi connectivity index (χ0v) is 27.0. The highest BCUT2D eigenvalue weighted by atomic mass is 32.2. The first-order chi connectivity index (χ1) is 20.9. The second kappa shape index (κ2) is 11.2. The van der Waals surface area contributed by atoms with Gasteiger partial charge in [-0.05, 0) is 43.4 Å². The van der Waals surface area contributed by atoms with Gasteiger partial charge in [-0.3, -0.25) is 14.4 Å². The third-order valence-electron chi connectivity index (χ3n) is 9.55. The molecule has 232 valence electrons. The first-order valence-electron chi connectivity index (χ1n) is 15.6. The van der Waals surface area contributed by atoms with E-state index in [0.717, 1.165) is 17.7 Å². The van der Waals surface area contributed by atoms with Crippen LogP contribution in [-0.4, -0.2) is 73.9 Å². The molecular formula is C36H43N3O4S. The molecule has 0 bridgehead atoms. The summed E-state index contributed by atoms with van der Waals surface area (Å²) >= 11 is 1.57. The number of hydrogen-bond acceptors (Lipinski definition) is 5. The number of carbonyl (C=O) groups excluding carboxylic acids is 3. The monoisotopic (exact) mass is 613 g/mol. The summed E-state index contributed by atoms with van der Waals surface area (Å²) in [5.74, 6) is -1.89. The second-order valence-electron chi connectivity index (χ2n) is 14.3. The molecule has 8 heteroatoms. The van der Waals surface area contributed by atoms with Crippen LogP contribution < -0.4 is 4.90 Å². The molecule has 3 amide bonds. The number of benzene rings is 2. The smallest absolute Gasteiger partial charge is 0.247 e. The van der Waals surface area contributed by atoms with Crippen molar-refractivity contribution in [2.75, 3.05) is 24.6 Å². The van der Waals surface area contributed by atoms with E-state index in [1.807, 2.05) is 77.7 Å². The molecule has 0 aliphatic carbocycles. The van der Waals surface area contributed by atoms with E-state index in [-0.39, 0.29) is 35.0 Å². The quantitative estimate of drug-likeness (QED) is 0.451. The summed E-state index contributed by atoms with van der Waals surface area (Å²) in [4.78, 5) is 49.7. The van der Waals surface area contributed by atoms with Crippen molar-refractivity contribution in [1.29, 1.82) is 0 Å². The highest BCUT2D eigenvalue weighted by Gasteiger charge is 2.72. The van der Waals surface area contributed by atoms with Gasteiger partial charge in [0.05, 0.1) is 29.2 Å². The number of amides is 3. The Bertz CT molecular complexity index is 1480. The Morgan fingerprint density at radius 2 is 1.55 bits per heavy atom. The number of para-hydroxylation sites is 1. The van der Waals surface area contributed by atoms with Crippen LogP contribution in [-0.2, 0) is 14.4 Å². The predicted octanol–water partition coefficient (Wildman–Crippen LogP) is 5.23. The number of hydrogen-bond donors (Lipinski definition) is 1. The SMILES string of the molecule is CC(C)(C)CC(C)(C)N1CC=C[C@]23S[C@@H]4C=CCN(c5ccccc5)C(=O)[C@@H]4[C@H]2C(=O)N([C@H](CO)c2ccccc2)C3C1=O. The van der Waals surface area contributed by atoms with Crippen molar-refractivity contribution in [1.82, 2.24) is 9.80 Å². The van der Waals surface area contributed by atoms with E-state index >= 15 is 4.79 Å². The molecule has 4 aliphatic rings. The molecule has 4 aliphatic heterocycles. The van der Waals surface area contributed by atoms with Gasteiger partial charge >= 0.3 is 0 Å². The van der Waals surface area contributed by atoms with E-state index in [2.05, 4.69) is 46.8 Å². The third-order valence-corrected chi connectivity index (χ3v) is 11.3. The van der Waals surface area contributed by atoms with Crippen LogP contribution in [0.5, 0.6) is 0 Å². The number of anilines is 1. The summed E-state index contributed by atoms with van der Waals surface area (Å²) in [5, 5.41) is 10.6. The van der Waals surface area contributed by atoms with E-state index in [1.165, 1.54) is 0 Å². The molecule has 2 saturated heterocycles. The Morgan fingerprint density at radius 1 is 0.886 bits per heavy atom. The summed E-state index contributed by atoms with van der Waals surface area (Å²) in [6, 6.07) is 17.4. The molecule has 2 fully saturated rings. The second-order valence-corrected chi connectivity index (χ2v) is 15.8. The van der Waals surface area contributed by atoms with Crippen molar-refractivity contribution in [2.45, 2.75) is 68.7 Å². The lowest BCUT2D eigenvalue weighted by Crippen LogP contribution is -2.59. The zero-order valence-electron chi connectivity index (χ0n) is 26.2. The van der Waals surface area contributed by atoms with Crippen molar-refractivity contribution >= 4 is 35.2 Å². The van der Waals surface area contributed by atoms with E-state index in [9.17, 15) is 14.7 Å². The van der Waals surface area contributed by atoms with Gasteiger partial charge in [-0.1, -0.05) is 93.6 Å². The van der Waals surface area contributed by atoms with Gasteiger partial charge in [0.2, 0.25) is 17.7 Å². The topological polar surface area (TPSA) is 81.2 Å². The number of aliphatic hydroxyl groups excluding tert-OH is 1. The molecular weight excluding hydrogens is 570 g/mol. The first-order valence-corrected chi connectivity index (χ1v) is 16.5. The molecule has 6 rings (SSSR count). The fraction of sp³-hybridized carbons (Fsp3) is 0.472. The van der Waals surface area contributed by atoms with Crippen LogP contribution in [0.4, 0.5) is 5.69 Å². The van der Waals surface area contributed by atoms with Crippen LogP contribution in [0.2, 0.25) is 0 Å². The van der Waals surface area contributed by atoms with Crippen LogP contribution >= 0.6 is 11.8 Å². The van der Waals surface area contributed by atoms with Crippen LogP contribution in [0.1, 0.15) is 52.6 Å². The normalized spacial score (nSPS) is 29.3. The maximum atomic E-state index is 15.0. The highest BCUT2D eigenvalue weighted by Crippen LogP contribution is 2.62. The van der Waals surface area contributed by atoms with E-state index in [0.29, 0.717) is 13.1 Å². The maximum Gasteiger partial charge on any atom is 0.247 e. The van der Waals surface area contributed by atoms with Gasteiger partial charge in [0.25, 0.3) is 0 Å². The Hall–Kier alpha value is -3.36. The molecule has 1 spiro atoms. The number of nitrogens with zero attached hydrogens (tertiary/aromatic N) is 3. The van der Waals surface area contributed by atoms with Crippen molar-refractivity contribution in [3.05, 3.63) is 90.5 Å². The number of fused-ring (bicyclic) bond motifs is 2. The van der Waals surface area contributed by atoms with Crippen LogP contribution in [0.3, 0.4) is 0 Å². The molecule has 0 aromatic heterocycles. The van der Waals surface area contributed by atoms with Crippen molar-refractivity contribution in [2.24, 2.45) is 17.3 Å². The fourth-order valence-electron chi connectivity index (χ4n) is 8.22. The van der Waals surface area contributed by atoms with Crippen LogP contribution in [0.15, 0.2) is 85.0 Å². The van der Waals surface area contributed by atoms with E-state index in [4.69, 9.17) is 0 Å². The molecule has 1 unspecified atom stereocenters. The average Bonchev–Trinajstić information content (AvgIpc) is 3.28. The van der Waals surface area contributed by atoms with Gasteiger partial charge in [0.1, 0.15) is 6.04 Å². The lowest BCUT2D eigenvalue weighted by Gasteiger charge is -2.45. The molecule has 2 aromatic carbocycles. The Balaban J connectivity index is 1.49. The summed E-state index contributed by atoms with van der Waals surface area (Å²) in [7, 11) is 0. The van der Waals surface area contributed by atoms with Gasteiger partial charge in [-0.25, -0.2) is 0 Å². The highest BCUT2D eigenvalue weighted by molar-refractivity contribution is 8.02. The number of likely N-dealkylation sites (tertiary alicyclic amines) is 1. The zero-order chi connectivity index (χ0) is 31.4. The molecule has 44 heavy (non-hydrogen) atoms. The Labute approximate surface area is 265 Å². The van der Waals surface area contributed by atoms with Gasteiger partial charge < -0.3 is 19.8 Å². The molecule has 0 saturated carbocycles. The van der Waals surface area contributed by atoms with Gasteiger partial charge in [0.15, 0.2) is 0 Å². The van der Waals surface area contributed by atoms with E-state index < -0.39 is 34.2 Å². The first kappa shape index (κ1) is 30.7. The molecule has 7 nitrogen and oxygen atoms in total. The standard InChI is InChI=1S/C36H43N3O4S/c1-34(2,3)23-35(4,5)38-21-13-19-36-29(28-27(44-36)18-12-20-37(31(28)41)25-16-10-7-11-17-25)32(42)39(30(36)33(38)43)26(22-40)24-14-8-6-9-15-24/h6-19,26-30,40H,20-23H2,1-5H3/t26-,27-,28+,29+,30?,36+/m1/s1. The Kier molecular flexibility index (Phi) is 7.82. The van der Waals surface area contributed by atoms with Crippen LogP contribution in [0.25, 0.3) is 0 Å². The van der Waals surface area contributed by atoms with Crippen molar-refractivity contribution in [3.8, 4) is 0 Å². The van der Waals surface area contributed by atoms with Gasteiger partial charge in [0, 0.05) is 29.6 Å². The molecule has 6 atom stereocenters. The minimum atomic E-state index is -0.960. The summed E-state index contributed by atoms with van der Waals surface area (Å²) < 4.78 is -0.960. The number of thioether (sulfide) groups is 1. The average molecular weight is 614 g/mol. The Morgan fingerprint density at radius 3 is 2.18 bits per heavy atom. The van der Waals surface area contributed by atoms with Crippen molar-refractivity contribution < 1.29 is 19.5 Å². The summed E-state index contributed by atoms with van der Waals surface area (Å²) in [6.07, 6.45) is 8.93. The minimum absolute atomic E-state index is 0.0315. The lowest BCUT2D eigenvalue weighted by molar-refractivity contribution is -0.149. The number of aliphatic hydroxyl groups is 1. The fourth-order valence-corrected chi connectivity index (χ4v) is 10.2. The largest absolute Gasteiger partial charge is 0.394 e. The predicted molar refractivity (Wildman–Crippen MR) is 175 cm³/mol. The molecule has 0 radical (unpaired) electrons. The van der Waals surface area contributed by atoms with E-state index in [1.54, 1.807) is 21.6 Å². The van der Waals surface area contributed by atoms with Gasteiger partial charge in [-0.2, -0.15) is 0 Å². The molecule has 2 aromatic rings. The molecule has 4 heterocycles. The number of rotatable bonds is 6. The third kappa shape index (κ3) is 5.00. The summed E-state index contributed by atoms with van der Waals surface area (Å²) in [5.41, 5.74) is 1.02. The van der Waals surface area contributed by atoms with Crippen LogP contribution in [0, 0.1) is 17.3 Å². The maximum absolute atomic E-state index is 15.0.